The Morgan fingerprint density at radius 3 is 2.74 bits per heavy atom. The normalized spacial score (nSPS) is 17.6. The topological polar surface area (TPSA) is 21.3 Å². The number of nitrogens with one attached hydrogen (secondary N) is 1. The zero-order valence-corrected chi connectivity index (χ0v) is 13.5. The van der Waals surface area contributed by atoms with Crippen LogP contribution in [0.5, 0.6) is 5.75 Å². The molecule has 1 aromatic carbocycles. The molecule has 1 fully saturated rings. The summed E-state index contributed by atoms with van der Waals surface area (Å²) in [4.78, 5) is 0. The number of halogens is 1. The van der Waals surface area contributed by atoms with E-state index in [1.54, 1.807) is 0 Å². The molecule has 0 spiro atoms. The van der Waals surface area contributed by atoms with Crippen LogP contribution in [0.1, 0.15) is 57.6 Å². The predicted octanol–water partition coefficient (Wildman–Crippen LogP) is 4.83. The second kappa shape index (κ2) is 7.30. The van der Waals surface area contributed by atoms with Crippen molar-refractivity contribution in [2.45, 2.75) is 58.1 Å². The van der Waals surface area contributed by atoms with Gasteiger partial charge in [0.05, 0.1) is 10.6 Å². The van der Waals surface area contributed by atoms with E-state index >= 15 is 0 Å². The summed E-state index contributed by atoms with van der Waals surface area (Å²) in [6.07, 6.45) is 6.58. The Labute approximate surface area is 125 Å². The van der Waals surface area contributed by atoms with Crippen molar-refractivity contribution in [2.24, 2.45) is 0 Å². The predicted molar refractivity (Wildman–Crippen MR) is 83.7 cm³/mol. The fraction of sp³-hybridized carbons (Fsp3) is 0.625. The lowest BCUT2D eigenvalue weighted by atomic mass is 10.1. The highest BCUT2D eigenvalue weighted by Crippen LogP contribution is 2.32. The monoisotopic (exact) mass is 325 g/mol. The molecule has 0 heterocycles. The van der Waals surface area contributed by atoms with E-state index in [1.807, 2.05) is 0 Å². The molecule has 3 heteroatoms. The van der Waals surface area contributed by atoms with E-state index in [0.29, 0.717) is 12.1 Å². The number of benzene rings is 1. The summed E-state index contributed by atoms with van der Waals surface area (Å²) in [6.45, 7) is 5.45. The first-order valence-corrected chi connectivity index (χ1v) is 8.19. The van der Waals surface area contributed by atoms with Crippen LogP contribution in [0.2, 0.25) is 0 Å². The van der Waals surface area contributed by atoms with Crippen molar-refractivity contribution in [3.8, 4) is 5.75 Å². The van der Waals surface area contributed by atoms with E-state index in [0.717, 1.165) is 23.2 Å². The molecule has 1 N–H and O–H groups in total. The van der Waals surface area contributed by atoms with Gasteiger partial charge in [-0.15, -0.1) is 0 Å². The van der Waals surface area contributed by atoms with Gasteiger partial charge < -0.3 is 10.1 Å². The molecule has 2 rings (SSSR count). The van der Waals surface area contributed by atoms with Crippen molar-refractivity contribution >= 4 is 15.9 Å². The quantitative estimate of drug-likeness (QED) is 0.808. The minimum atomic E-state index is 0.386. The molecule has 2 nitrogen and oxygen atoms in total. The first-order valence-electron chi connectivity index (χ1n) is 7.40. The van der Waals surface area contributed by atoms with Crippen LogP contribution in [0.3, 0.4) is 0 Å². The van der Waals surface area contributed by atoms with Crippen LogP contribution in [-0.4, -0.2) is 12.6 Å². The van der Waals surface area contributed by atoms with Crippen molar-refractivity contribution < 1.29 is 4.74 Å². The molecule has 0 aliphatic heterocycles. The molecule has 1 unspecified atom stereocenters. The van der Waals surface area contributed by atoms with Gasteiger partial charge >= 0.3 is 0 Å². The number of hydrogen-bond donors (Lipinski definition) is 1. The molecule has 106 valence electrons. The molecule has 0 saturated heterocycles. The van der Waals surface area contributed by atoms with Crippen molar-refractivity contribution in [1.29, 1.82) is 0 Å². The number of ether oxygens (including phenoxy) is 1. The largest absolute Gasteiger partial charge is 0.489 e. The molecule has 0 aromatic heterocycles. The van der Waals surface area contributed by atoms with E-state index < -0.39 is 0 Å². The Morgan fingerprint density at radius 2 is 2.11 bits per heavy atom. The van der Waals surface area contributed by atoms with Crippen LogP contribution >= 0.6 is 15.9 Å². The second-order valence-electron chi connectivity index (χ2n) is 5.39. The van der Waals surface area contributed by atoms with Gasteiger partial charge in [-0.2, -0.15) is 0 Å². The fourth-order valence-corrected chi connectivity index (χ4v) is 3.04. The zero-order valence-electron chi connectivity index (χ0n) is 11.9. The molecular formula is C16H24BrNO. The van der Waals surface area contributed by atoms with Gasteiger partial charge in [0.1, 0.15) is 5.75 Å². The molecule has 1 aromatic rings. The van der Waals surface area contributed by atoms with Crippen molar-refractivity contribution in [3.63, 3.8) is 0 Å². The van der Waals surface area contributed by atoms with Gasteiger partial charge in [0.15, 0.2) is 0 Å². The third kappa shape index (κ3) is 4.22. The van der Waals surface area contributed by atoms with Gasteiger partial charge in [-0.25, -0.2) is 0 Å². The Kier molecular flexibility index (Phi) is 5.71. The maximum absolute atomic E-state index is 6.05. The highest BCUT2D eigenvalue weighted by molar-refractivity contribution is 9.10. The second-order valence-corrected chi connectivity index (χ2v) is 6.24. The van der Waals surface area contributed by atoms with Gasteiger partial charge in [-0.1, -0.05) is 13.0 Å². The standard InChI is InChI=1S/C16H24BrNO/c1-3-10-18-12(2)13-8-9-16(15(17)11-13)19-14-6-4-5-7-14/h8-9,11-12,14,18H,3-7,10H2,1-2H3. The highest BCUT2D eigenvalue weighted by atomic mass is 79.9. The summed E-state index contributed by atoms with van der Waals surface area (Å²) in [5, 5.41) is 3.51. The van der Waals surface area contributed by atoms with Gasteiger partial charge in [0.25, 0.3) is 0 Å². The molecular weight excluding hydrogens is 302 g/mol. The molecule has 1 aliphatic carbocycles. The van der Waals surface area contributed by atoms with Gasteiger partial charge in [-0.3, -0.25) is 0 Å². The average Bonchev–Trinajstić information content (AvgIpc) is 2.91. The lowest BCUT2D eigenvalue weighted by Crippen LogP contribution is -2.19. The zero-order chi connectivity index (χ0) is 13.7. The van der Waals surface area contributed by atoms with Crippen LogP contribution in [0.15, 0.2) is 22.7 Å². The lowest BCUT2D eigenvalue weighted by Gasteiger charge is -2.18. The molecule has 1 aliphatic rings. The van der Waals surface area contributed by atoms with Crippen LogP contribution in [0.4, 0.5) is 0 Å². The van der Waals surface area contributed by atoms with Crippen molar-refractivity contribution in [3.05, 3.63) is 28.2 Å². The molecule has 1 atom stereocenters. The van der Waals surface area contributed by atoms with Crippen LogP contribution in [-0.2, 0) is 0 Å². The minimum Gasteiger partial charge on any atom is -0.489 e. The van der Waals surface area contributed by atoms with Gasteiger partial charge in [0, 0.05) is 6.04 Å². The maximum atomic E-state index is 6.05. The summed E-state index contributed by atoms with van der Waals surface area (Å²) < 4.78 is 7.13. The summed E-state index contributed by atoms with van der Waals surface area (Å²) in [6, 6.07) is 6.83. The van der Waals surface area contributed by atoms with E-state index in [-0.39, 0.29) is 0 Å². The third-order valence-electron chi connectivity index (χ3n) is 3.75. The van der Waals surface area contributed by atoms with E-state index in [2.05, 4.69) is 53.3 Å². The van der Waals surface area contributed by atoms with Crippen LogP contribution < -0.4 is 10.1 Å². The third-order valence-corrected chi connectivity index (χ3v) is 4.37. The number of hydrogen-bond acceptors (Lipinski definition) is 2. The van der Waals surface area contributed by atoms with Gasteiger partial charge in [-0.05, 0) is 79.2 Å². The van der Waals surface area contributed by atoms with Gasteiger partial charge in [0.2, 0.25) is 0 Å². The number of rotatable bonds is 6. The van der Waals surface area contributed by atoms with Crippen molar-refractivity contribution in [2.75, 3.05) is 6.54 Å². The Balaban J connectivity index is 1.99. The lowest BCUT2D eigenvalue weighted by molar-refractivity contribution is 0.208. The molecule has 0 radical (unpaired) electrons. The SMILES string of the molecule is CCCNC(C)c1ccc(OC2CCCC2)c(Br)c1. The summed E-state index contributed by atoms with van der Waals surface area (Å²) >= 11 is 3.64. The van der Waals surface area contributed by atoms with E-state index in [1.165, 1.54) is 31.2 Å². The Morgan fingerprint density at radius 1 is 1.37 bits per heavy atom. The molecule has 0 amide bonds. The average molecular weight is 326 g/mol. The smallest absolute Gasteiger partial charge is 0.133 e. The first-order chi connectivity index (χ1) is 9.20. The van der Waals surface area contributed by atoms with Crippen molar-refractivity contribution in [1.82, 2.24) is 5.32 Å². The molecule has 19 heavy (non-hydrogen) atoms. The van der Waals surface area contributed by atoms with Crippen LogP contribution in [0, 0.1) is 0 Å². The Hall–Kier alpha value is -0.540. The Bertz CT molecular complexity index is 402. The first kappa shape index (κ1) is 14.9. The molecule has 1 saturated carbocycles. The summed E-state index contributed by atoms with van der Waals surface area (Å²) in [5.74, 6) is 0.985. The van der Waals surface area contributed by atoms with E-state index in [4.69, 9.17) is 4.74 Å². The van der Waals surface area contributed by atoms with Crippen LogP contribution in [0.25, 0.3) is 0 Å². The fourth-order valence-electron chi connectivity index (χ4n) is 2.55. The highest BCUT2D eigenvalue weighted by Gasteiger charge is 2.18. The van der Waals surface area contributed by atoms with E-state index in [9.17, 15) is 0 Å². The summed E-state index contributed by atoms with van der Waals surface area (Å²) in [5.41, 5.74) is 1.30. The maximum Gasteiger partial charge on any atom is 0.133 e. The minimum absolute atomic E-state index is 0.386. The molecule has 0 bridgehead atoms. The summed E-state index contributed by atoms with van der Waals surface area (Å²) in [7, 11) is 0.